The fourth-order valence-corrected chi connectivity index (χ4v) is 1.80. The number of Topliss-reactive ketones (excluding diaryl/α,β-unsaturated/α-hetero) is 1. The molecule has 0 fully saturated rings. The molecule has 2 aromatic rings. The van der Waals surface area contributed by atoms with Gasteiger partial charge in [0, 0.05) is 11.3 Å². The van der Waals surface area contributed by atoms with Crippen LogP contribution in [0.4, 0.5) is 5.69 Å². The molecule has 0 spiro atoms. The molecule has 0 unspecified atom stereocenters. The number of carbonyl (C=O) groups excluding carboxylic acids is 2. The minimum absolute atomic E-state index is 0.0918. The zero-order valence-electron chi connectivity index (χ0n) is 11.3. The van der Waals surface area contributed by atoms with Gasteiger partial charge in [0.15, 0.2) is 5.78 Å². The Morgan fingerprint density at radius 3 is 2.30 bits per heavy atom. The van der Waals surface area contributed by atoms with Gasteiger partial charge in [0.05, 0.1) is 5.56 Å². The minimum Gasteiger partial charge on any atom is -0.507 e. The number of phenolic OH excluding ortho intramolecular Hbond substituents is 1. The number of hydrogen-bond donors (Lipinski definition) is 2. The number of ketones is 1. The molecule has 1 amide bonds. The van der Waals surface area contributed by atoms with E-state index in [2.05, 4.69) is 5.32 Å². The lowest BCUT2D eigenvalue weighted by Gasteiger charge is -2.08. The molecular formula is C16H15NO3. The molecule has 0 aromatic heterocycles. The first-order valence-electron chi connectivity index (χ1n) is 6.19. The molecule has 0 saturated heterocycles. The van der Waals surface area contributed by atoms with E-state index in [0.717, 1.165) is 5.56 Å². The van der Waals surface area contributed by atoms with Gasteiger partial charge in [0.1, 0.15) is 5.75 Å². The molecule has 0 bridgehead atoms. The Morgan fingerprint density at radius 2 is 1.70 bits per heavy atom. The van der Waals surface area contributed by atoms with Gasteiger partial charge in [-0.1, -0.05) is 17.7 Å². The molecule has 4 heteroatoms. The molecule has 0 heterocycles. The van der Waals surface area contributed by atoms with Crippen LogP contribution in [0.3, 0.4) is 0 Å². The average Bonchev–Trinajstić information content (AvgIpc) is 2.41. The molecule has 0 aliphatic heterocycles. The summed E-state index contributed by atoms with van der Waals surface area (Å²) in [6.45, 7) is 3.31. The maximum Gasteiger partial charge on any atom is 0.255 e. The quantitative estimate of drug-likeness (QED) is 0.664. The first-order valence-corrected chi connectivity index (χ1v) is 6.19. The summed E-state index contributed by atoms with van der Waals surface area (Å²) in [7, 11) is 0. The van der Waals surface area contributed by atoms with Crippen molar-refractivity contribution >= 4 is 17.4 Å². The number of phenols is 1. The summed E-state index contributed by atoms with van der Waals surface area (Å²) in [6.07, 6.45) is 0. The van der Waals surface area contributed by atoms with Gasteiger partial charge in [-0.05, 0) is 44.2 Å². The van der Waals surface area contributed by atoms with Crippen LogP contribution < -0.4 is 5.32 Å². The van der Waals surface area contributed by atoms with Crippen LogP contribution in [0.1, 0.15) is 33.2 Å². The Labute approximate surface area is 117 Å². The Bertz CT molecular complexity index is 660. The van der Waals surface area contributed by atoms with Gasteiger partial charge in [-0.3, -0.25) is 9.59 Å². The first kappa shape index (κ1) is 13.8. The maximum atomic E-state index is 12.0. The van der Waals surface area contributed by atoms with Crippen LogP contribution >= 0.6 is 0 Å². The molecule has 2 aromatic carbocycles. The van der Waals surface area contributed by atoms with Crippen molar-refractivity contribution in [2.45, 2.75) is 13.8 Å². The van der Waals surface area contributed by atoms with E-state index in [1.165, 1.54) is 19.1 Å². The molecule has 20 heavy (non-hydrogen) atoms. The third kappa shape index (κ3) is 3.03. The van der Waals surface area contributed by atoms with Gasteiger partial charge in [-0.25, -0.2) is 0 Å². The number of rotatable bonds is 3. The number of hydrogen-bond acceptors (Lipinski definition) is 3. The van der Waals surface area contributed by atoms with Gasteiger partial charge < -0.3 is 10.4 Å². The molecular weight excluding hydrogens is 254 g/mol. The molecule has 0 radical (unpaired) electrons. The van der Waals surface area contributed by atoms with E-state index in [0.29, 0.717) is 11.3 Å². The largest absolute Gasteiger partial charge is 0.507 e. The van der Waals surface area contributed by atoms with Gasteiger partial charge >= 0.3 is 0 Å². The molecule has 2 rings (SSSR count). The lowest BCUT2D eigenvalue weighted by Crippen LogP contribution is -2.12. The van der Waals surface area contributed by atoms with Gasteiger partial charge in [-0.15, -0.1) is 0 Å². The van der Waals surface area contributed by atoms with E-state index in [1.54, 1.807) is 18.2 Å². The zero-order chi connectivity index (χ0) is 14.7. The van der Waals surface area contributed by atoms with Crippen LogP contribution in [0.2, 0.25) is 0 Å². The molecule has 2 N–H and O–H groups in total. The van der Waals surface area contributed by atoms with Crippen LogP contribution in [0.5, 0.6) is 5.75 Å². The fraction of sp³-hybridized carbons (Fsp3) is 0.125. The van der Waals surface area contributed by atoms with Crippen molar-refractivity contribution in [2.24, 2.45) is 0 Å². The smallest absolute Gasteiger partial charge is 0.255 e. The molecule has 0 aliphatic carbocycles. The van der Waals surface area contributed by atoms with E-state index in [1.807, 2.05) is 19.1 Å². The number of amides is 1. The van der Waals surface area contributed by atoms with Crippen molar-refractivity contribution < 1.29 is 14.7 Å². The van der Waals surface area contributed by atoms with Crippen molar-refractivity contribution in [1.82, 2.24) is 0 Å². The normalized spacial score (nSPS) is 10.1. The van der Waals surface area contributed by atoms with Crippen molar-refractivity contribution in [2.75, 3.05) is 5.32 Å². The van der Waals surface area contributed by atoms with E-state index in [9.17, 15) is 14.7 Å². The minimum atomic E-state index is -0.259. The first-order chi connectivity index (χ1) is 9.47. The lowest BCUT2D eigenvalue weighted by atomic mass is 10.1. The fourth-order valence-electron chi connectivity index (χ4n) is 1.80. The Hall–Kier alpha value is -2.62. The highest BCUT2D eigenvalue weighted by molar-refractivity contribution is 6.05. The van der Waals surface area contributed by atoms with Gasteiger partial charge in [0.2, 0.25) is 0 Å². The van der Waals surface area contributed by atoms with Crippen molar-refractivity contribution in [3.8, 4) is 5.75 Å². The summed E-state index contributed by atoms with van der Waals surface area (Å²) < 4.78 is 0. The molecule has 0 saturated carbocycles. The monoisotopic (exact) mass is 269 g/mol. The molecule has 0 aliphatic rings. The second kappa shape index (κ2) is 5.57. The van der Waals surface area contributed by atoms with E-state index in [4.69, 9.17) is 0 Å². The van der Waals surface area contributed by atoms with Gasteiger partial charge in [-0.2, -0.15) is 0 Å². The summed E-state index contributed by atoms with van der Waals surface area (Å²) in [5.41, 5.74) is 2.27. The van der Waals surface area contributed by atoms with Crippen LogP contribution in [0.15, 0.2) is 42.5 Å². The van der Waals surface area contributed by atoms with Crippen LogP contribution in [-0.4, -0.2) is 16.8 Å². The topological polar surface area (TPSA) is 66.4 Å². The number of carbonyl (C=O) groups is 2. The second-order valence-electron chi connectivity index (χ2n) is 4.61. The average molecular weight is 269 g/mol. The third-order valence-corrected chi connectivity index (χ3v) is 2.95. The predicted octanol–water partition coefficient (Wildman–Crippen LogP) is 3.16. The van der Waals surface area contributed by atoms with Crippen molar-refractivity contribution in [3.05, 3.63) is 59.2 Å². The standard InChI is InChI=1S/C16H15NO3/c1-10-3-5-12(6-4-10)16(20)17-13-7-8-15(19)14(9-13)11(2)18/h3-9,19H,1-2H3,(H,17,20). The van der Waals surface area contributed by atoms with E-state index in [-0.39, 0.29) is 23.0 Å². The third-order valence-electron chi connectivity index (χ3n) is 2.95. The highest BCUT2D eigenvalue weighted by Crippen LogP contribution is 2.22. The maximum absolute atomic E-state index is 12.0. The van der Waals surface area contributed by atoms with E-state index < -0.39 is 0 Å². The second-order valence-corrected chi connectivity index (χ2v) is 4.61. The summed E-state index contributed by atoms with van der Waals surface area (Å²) in [6, 6.07) is 11.6. The number of benzene rings is 2. The predicted molar refractivity (Wildman–Crippen MR) is 77.2 cm³/mol. The highest BCUT2D eigenvalue weighted by atomic mass is 16.3. The Balaban J connectivity index is 2.21. The van der Waals surface area contributed by atoms with Crippen molar-refractivity contribution in [1.29, 1.82) is 0 Å². The summed E-state index contributed by atoms with van der Waals surface area (Å²) in [5, 5.41) is 12.3. The highest BCUT2D eigenvalue weighted by Gasteiger charge is 2.10. The van der Waals surface area contributed by atoms with Gasteiger partial charge in [0.25, 0.3) is 5.91 Å². The SMILES string of the molecule is CC(=O)c1cc(NC(=O)c2ccc(C)cc2)ccc1O. The van der Waals surface area contributed by atoms with Crippen LogP contribution in [-0.2, 0) is 0 Å². The summed E-state index contributed by atoms with van der Waals surface area (Å²) in [4.78, 5) is 23.4. The molecule has 0 atom stereocenters. The Morgan fingerprint density at radius 1 is 1.05 bits per heavy atom. The number of aromatic hydroxyl groups is 1. The number of aryl methyl sites for hydroxylation is 1. The lowest BCUT2D eigenvalue weighted by molar-refractivity contribution is 0.100. The molecule has 4 nitrogen and oxygen atoms in total. The van der Waals surface area contributed by atoms with Crippen LogP contribution in [0, 0.1) is 6.92 Å². The summed E-state index contributed by atoms with van der Waals surface area (Å²) >= 11 is 0. The summed E-state index contributed by atoms with van der Waals surface area (Å²) in [5.74, 6) is -0.607. The van der Waals surface area contributed by atoms with Crippen LogP contribution in [0.25, 0.3) is 0 Å². The van der Waals surface area contributed by atoms with Crippen molar-refractivity contribution in [3.63, 3.8) is 0 Å². The zero-order valence-corrected chi connectivity index (χ0v) is 11.3. The molecule has 102 valence electrons. The Kier molecular flexibility index (Phi) is 3.84. The number of nitrogens with one attached hydrogen (secondary N) is 1. The van der Waals surface area contributed by atoms with E-state index >= 15 is 0 Å². The number of anilines is 1.